The van der Waals surface area contributed by atoms with Crippen molar-refractivity contribution in [3.63, 3.8) is 0 Å². The van der Waals surface area contributed by atoms with Gasteiger partial charge >= 0.3 is 0 Å². The minimum absolute atomic E-state index is 0.000134. The highest BCUT2D eigenvalue weighted by atomic mass is 19.3. The Morgan fingerprint density at radius 3 is 2.55 bits per heavy atom. The molecule has 1 aromatic heterocycles. The number of nitrogens with zero attached hydrogens (tertiary/aromatic N) is 3. The molecule has 3 aliphatic rings. The highest BCUT2D eigenvalue weighted by Gasteiger charge is 2.41. The largest absolute Gasteiger partial charge is 0.376 e. The first-order chi connectivity index (χ1) is 16.0. The fourth-order valence-electron chi connectivity index (χ4n) is 5.30. The van der Waals surface area contributed by atoms with E-state index in [0.29, 0.717) is 31.7 Å². The van der Waals surface area contributed by atoms with Crippen molar-refractivity contribution in [3.05, 3.63) is 41.5 Å². The van der Waals surface area contributed by atoms with Gasteiger partial charge in [-0.1, -0.05) is 0 Å². The first-order valence-corrected chi connectivity index (χ1v) is 11.3. The number of hydrogen-bond acceptors (Lipinski definition) is 6. The van der Waals surface area contributed by atoms with Crippen LogP contribution in [0, 0.1) is 23.5 Å². The molecular formula is C23H26F4N4O2. The molecule has 2 saturated heterocycles. The van der Waals surface area contributed by atoms with Crippen LogP contribution in [0.1, 0.15) is 24.8 Å². The molecule has 6 nitrogen and oxygen atoms in total. The van der Waals surface area contributed by atoms with E-state index in [9.17, 15) is 17.6 Å². The van der Waals surface area contributed by atoms with Crippen molar-refractivity contribution in [2.75, 3.05) is 44.8 Å². The first kappa shape index (κ1) is 22.5. The van der Waals surface area contributed by atoms with E-state index in [1.807, 2.05) is 0 Å². The Labute approximate surface area is 189 Å². The molecule has 0 bridgehead atoms. The number of rotatable bonds is 6. The highest BCUT2D eigenvalue weighted by molar-refractivity contribution is 5.63. The summed E-state index contributed by atoms with van der Waals surface area (Å²) in [6, 6.07) is 3.93. The van der Waals surface area contributed by atoms with Gasteiger partial charge in [-0.3, -0.25) is 0 Å². The van der Waals surface area contributed by atoms with Crippen molar-refractivity contribution in [1.29, 1.82) is 0 Å². The molecule has 0 spiro atoms. The van der Waals surface area contributed by atoms with E-state index in [0.717, 1.165) is 56.7 Å². The van der Waals surface area contributed by atoms with Crippen LogP contribution in [0.25, 0.3) is 11.3 Å². The summed E-state index contributed by atoms with van der Waals surface area (Å²) >= 11 is 0. The van der Waals surface area contributed by atoms with Gasteiger partial charge in [-0.25, -0.2) is 17.6 Å². The molecule has 178 valence electrons. The van der Waals surface area contributed by atoms with Crippen molar-refractivity contribution in [2.45, 2.75) is 31.4 Å². The van der Waals surface area contributed by atoms with Crippen LogP contribution in [-0.4, -0.2) is 66.7 Å². The van der Waals surface area contributed by atoms with Crippen molar-refractivity contribution >= 4 is 5.82 Å². The van der Waals surface area contributed by atoms with Crippen LogP contribution in [0.15, 0.2) is 24.3 Å². The third-order valence-corrected chi connectivity index (χ3v) is 6.78. The summed E-state index contributed by atoms with van der Waals surface area (Å²) in [5, 5.41) is 11.0. The maximum absolute atomic E-state index is 14.1. The van der Waals surface area contributed by atoms with Crippen LogP contribution in [0.2, 0.25) is 0 Å². The van der Waals surface area contributed by atoms with Crippen LogP contribution in [0.4, 0.5) is 23.4 Å². The van der Waals surface area contributed by atoms with Crippen molar-refractivity contribution in [2.24, 2.45) is 11.8 Å². The number of nitrogens with one attached hydrogen (secondary N) is 1. The third-order valence-electron chi connectivity index (χ3n) is 6.78. The van der Waals surface area contributed by atoms with Gasteiger partial charge in [0.2, 0.25) is 0 Å². The summed E-state index contributed by atoms with van der Waals surface area (Å²) < 4.78 is 66.4. The lowest BCUT2D eigenvalue weighted by Crippen LogP contribution is -2.39. The van der Waals surface area contributed by atoms with Gasteiger partial charge in [0.1, 0.15) is 11.6 Å². The predicted molar refractivity (Wildman–Crippen MR) is 113 cm³/mol. The number of halogens is 4. The van der Waals surface area contributed by atoms with E-state index in [1.165, 1.54) is 0 Å². The van der Waals surface area contributed by atoms with Crippen molar-refractivity contribution in [1.82, 2.24) is 15.1 Å². The SMILES string of the molecule is Fc1ccc(F)c(-c2cc(C(F)F)c(NC3C[C@@H]4CN(CC5COCCO5)C[C@@H]4C3)nn2)c1. The van der Waals surface area contributed by atoms with Gasteiger partial charge in [0.05, 0.1) is 37.2 Å². The number of hydrogen-bond donors (Lipinski definition) is 1. The molecular weight excluding hydrogens is 440 g/mol. The quantitative estimate of drug-likeness (QED) is 0.652. The molecule has 1 aliphatic carbocycles. The Balaban J connectivity index is 1.23. The average molecular weight is 466 g/mol. The maximum atomic E-state index is 14.1. The van der Waals surface area contributed by atoms with Crippen LogP contribution >= 0.6 is 0 Å². The molecule has 2 unspecified atom stereocenters. The van der Waals surface area contributed by atoms with E-state index < -0.39 is 18.1 Å². The topological polar surface area (TPSA) is 59.5 Å². The molecule has 5 rings (SSSR count). The second kappa shape index (κ2) is 9.52. The smallest absolute Gasteiger partial charge is 0.267 e. The normalized spacial score (nSPS) is 27.8. The standard InChI is InChI=1S/C23H26F4N4O2/c24-15-1-2-20(25)18(7-15)21-8-19(22(26)27)23(30-29-21)28-16-5-13-9-31(10-14(13)6-16)11-17-12-32-3-4-33-17/h1-2,7-8,13-14,16-17,22H,3-6,9-12H2,(H,28,30)/t13-,14+,16?,17?. The van der Waals surface area contributed by atoms with Crippen LogP contribution in [0.3, 0.4) is 0 Å². The Morgan fingerprint density at radius 2 is 1.85 bits per heavy atom. The average Bonchev–Trinajstić information content (AvgIpc) is 3.34. The molecule has 0 amide bonds. The molecule has 1 saturated carbocycles. The van der Waals surface area contributed by atoms with Crippen molar-refractivity contribution in [3.8, 4) is 11.3 Å². The molecule has 0 radical (unpaired) electrons. The lowest BCUT2D eigenvalue weighted by Gasteiger charge is -2.28. The molecule has 2 aliphatic heterocycles. The second-order valence-electron chi connectivity index (χ2n) is 9.08. The van der Waals surface area contributed by atoms with E-state index in [4.69, 9.17) is 9.47 Å². The fraction of sp³-hybridized carbons (Fsp3) is 0.565. The summed E-state index contributed by atoms with van der Waals surface area (Å²) in [6.45, 7) is 4.67. The lowest BCUT2D eigenvalue weighted by molar-refractivity contribution is -0.0964. The molecule has 10 heteroatoms. The summed E-state index contributed by atoms with van der Waals surface area (Å²) in [6.07, 6.45) is -1.01. The van der Waals surface area contributed by atoms with Crippen LogP contribution < -0.4 is 5.32 Å². The summed E-state index contributed by atoms with van der Waals surface area (Å²) in [4.78, 5) is 2.40. The van der Waals surface area contributed by atoms with Gasteiger partial charge in [0.15, 0.2) is 5.82 Å². The number of alkyl halides is 2. The summed E-state index contributed by atoms with van der Waals surface area (Å²) in [7, 11) is 0. The number of anilines is 1. The van der Waals surface area contributed by atoms with Gasteiger partial charge in [0.25, 0.3) is 6.43 Å². The van der Waals surface area contributed by atoms with Crippen molar-refractivity contribution < 1.29 is 27.0 Å². The Hall–Kier alpha value is -2.30. The highest BCUT2D eigenvalue weighted by Crippen LogP contribution is 2.40. The zero-order valence-corrected chi connectivity index (χ0v) is 18.0. The van der Waals surface area contributed by atoms with Crippen LogP contribution in [-0.2, 0) is 9.47 Å². The number of ether oxygens (including phenoxy) is 2. The van der Waals surface area contributed by atoms with Gasteiger partial charge in [0, 0.05) is 31.2 Å². The van der Waals surface area contributed by atoms with E-state index >= 15 is 0 Å². The molecule has 3 heterocycles. The minimum Gasteiger partial charge on any atom is -0.376 e. The first-order valence-electron chi connectivity index (χ1n) is 11.3. The van der Waals surface area contributed by atoms with Gasteiger partial charge in [-0.15, -0.1) is 10.2 Å². The predicted octanol–water partition coefficient (Wildman–Crippen LogP) is 3.90. The number of fused-ring (bicyclic) bond motifs is 1. The fourth-order valence-corrected chi connectivity index (χ4v) is 5.30. The number of likely N-dealkylation sites (tertiary alicyclic amines) is 1. The molecule has 1 aromatic carbocycles. The Morgan fingerprint density at radius 1 is 1.06 bits per heavy atom. The van der Waals surface area contributed by atoms with Gasteiger partial charge in [-0.05, 0) is 48.9 Å². The third kappa shape index (κ3) is 4.97. The summed E-state index contributed by atoms with van der Waals surface area (Å²) in [5.74, 6) is -0.459. The number of aromatic nitrogens is 2. The van der Waals surface area contributed by atoms with E-state index in [-0.39, 0.29) is 34.8 Å². The van der Waals surface area contributed by atoms with Gasteiger partial charge in [-0.2, -0.15) is 0 Å². The molecule has 4 atom stereocenters. The molecule has 33 heavy (non-hydrogen) atoms. The maximum Gasteiger partial charge on any atom is 0.267 e. The lowest BCUT2D eigenvalue weighted by atomic mass is 10.0. The molecule has 3 fully saturated rings. The minimum atomic E-state index is -2.83. The Kier molecular flexibility index (Phi) is 6.49. The zero-order chi connectivity index (χ0) is 22.9. The van der Waals surface area contributed by atoms with Gasteiger partial charge < -0.3 is 19.7 Å². The molecule has 1 N–H and O–H groups in total. The Bertz CT molecular complexity index is 975. The monoisotopic (exact) mass is 466 g/mol. The number of benzene rings is 1. The van der Waals surface area contributed by atoms with Crippen LogP contribution in [0.5, 0.6) is 0 Å². The molecule has 2 aromatic rings. The summed E-state index contributed by atoms with van der Waals surface area (Å²) in [5.41, 5.74) is -0.684. The van der Waals surface area contributed by atoms with E-state index in [2.05, 4.69) is 20.4 Å². The second-order valence-corrected chi connectivity index (χ2v) is 9.08. The zero-order valence-electron chi connectivity index (χ0n) is 18.0. The van der Waals surface area contributed by atoms with E-state index in [1.54, 1.807) is 0 Å².